The third-order valence-corrected chi connectivity index (χ3v) is 5.83. The standard InChI is InChI=1S/C20H23NO6S/c1-5-14-6-9-16(10-7-14)28(23,24)19(20(22)27-4)13-21-15-8-11-17(25-2)18(12-15)26-3/h6-13,21H,5H2,1-4H3. The second-order valence-corrected chi connectivity index (χ2v) is 7.63. The van der Waals surface area contributed by atoms with E-state index < -0.39 is 20.7 Å². The van der Waals surface area contributed by atoms with Crippen molar-refractivity contribution in [3.05, 3.63) is 59.1 Å². The molecule has 1 N–H and O–H groups in total. The van der Waals surface area contributed by atoms with Gasteiger partial charge in [0.2, 0.25) is 9.84 Å². The van der Waals surface area contributed by atoms with Crippen molar-refractivity contribution in [1.29, 1.82) is 0 Å². The number of benzene rings is 2. The Morgan fingerprint density at radius 1 is 1.00 bits per heavy atom. The van der Waals surface area contributed by atoms with Gasteiger partial charge in [0.15, 0.2) is 16.4 Å². The van der Waals surface area contributed by atoms with Crippen molar-refractivity contribution in [3.63, 3.8) is 0 Å². The summed E-state index contributed by atoms with van der Waals surface area (Å²) in [6.45, 7) is 1.97. The van der Waals surface area contributed by atoms with Crippen LogP contribution in [0.3, 0.4) is 0 Å². The van der Waals surface area contributed by atoms with E-state index in [0.29, 0.717) is 17.2 Å². The van der Waals surface area contributed by atoms with Crippen molar-refractivity contribution >= 4 is 21.5 Å². The first-order valence-electron chi connectivity index (χ1n) is 8.48. The fourth-order valence-corrected chi connectivity index (χ4v) is 3.72. The minimum Gasteiger partial charge on any atom is -0.493 e. The number of carbonyl (C=O) groups is 1. The zero-order chi connectivity index (χ0) is 20.7. The molecule has 0 bridgehead atoms. The Labute approximate surface area is 164 Å². The molecule has 0 aliphatic rings. The normalized spacial score (nSPS) is 11.6. The van der Waals surface area contributed by atoms with Gasteiger partial charge in [-0.1, -0.05) is 19.1 Å². The molecule has 2 aromatic rings. The van der Waals surface area contributed by atoms with E-state index in [2.05, 4.69) is 10.1 Å². The van der Waals surface area contributed by atoms with Crippen LogP contribution in [-0.2, 0) is 25.8 Å². The first kappa shape index (κ1) is 21.3. The molecule has 0 radical (unpaired) electrons. The fourth-order valence-electron chi connectivity index (χ4n) is 2.45. The molecule has 8 heteroatoms. The zero-order valence-corrected chi connectivity index (χ0v) is 17.0. The van der Waals surface area contributed by atoms with Crippen LogP contribution in [0.25, 0.3) is 0 Å². The van der Waals surface area contributed by atoms with Crippen LogP contribution in [0.4, 0.5) is 5.69 Å². The lowest BCUT2D eigenvalue weighted by atomic mass is 10.2. The van der Waals surface area contributed by atoms with Gasteiger partial charge in [-0.05, 0) is 36.2 Å². The topological polar surface area (TPSA) is 90.9 Å². The molecule has 0 saturated carbocycles. The van der Waals surface area contributed by atoms with Crippen LogP contribution in [0.1, 0.15) is 12.5 Å². The summed E-state index contributed by atoms with van der Waals surface area (Å²) in [7, 11) is 0.0577. The largest absolute Gasteiger partial charge is 0.493 e. The van der Waals surface area contributed by atoms with Crippen LogP contribution >= 0.6 is 0 Å². The molecule has 0 heterocycles. The summed E-state index contributed by atoms with van der Waals surface area (Å²) >= 11 is 0. The molecule has 0 spiro atoms. The lowest BCUT2D eigenvalue weighted by molar-refractivity contribution is -0.135. The SMILES string of the molecule is CCc1ccc(S(=O)(=O)C(=CNc2ccc(OC)c(OC)c2)C(=O)OC)cc1. The second kappa shape index (κ2) is 9.27. The molecule has 150 valence electrons. The Hall–Kier alpha value is -3.00. The minimum atomic E-state index is -4.07. The van der Waals surface area contributed by atoms with Gasteiger partial charge in [-0.3, -0.25) is 0 Å². The predicted molar refractivity (Wildman–Crippen MR) is 106 cm³/mol. The van der Waals surface area contributed by atoms with Gasteiger partial charge in [-0.15, -0.1) is 0 Å². The molecule has 0 amide bonds. The van der Waals surface area contributed by atoms with Crippen molar-refractivity contribution in [3.8, 4) is 11.5 Å². The molecule has 0 saturated heterocycles. The van der Waals surface area contributed by atoms with Crippen molar-refractivity contribution in [2.24, 2.45) is 0 Å². The highest BCUT2D eigenvalue weighted by atomic mass is 32.2. The van der Waals surface area contributed by atoms with E-state index in [1.54, 1.807) is 30.3 Å². The highest BCUT2D eigenvalue weighted by Crippen LogP contribution is 2.30. The van der Waals surface area contributed by atoms with Crippen molar-refractivity contribution in [2.75, 3.05) is 26.6 Å². The number of anilines is 1. The third kappa shape index (κ3) is 4.64. The second-order valence-electron chi connectivity index (χ2n) is 5.72. The fraction of sp³-hybridized carbons (Fsp3) is 0.250. The minimum absolute atomic E-state index is 0.00969. The monoisotopic (exact) mass is 405 g/mol. The molecule has 2 rings (SSSR count). The Bertz CT molecular complexity index is 965. The van der Waals surface area contributed by atoms with Crippen molar-refractivity contribution < 1.29 is 27.4 Å². The lowest BCUT2D eigenvalue weighted by Gasteiger charge is -2.11. The van der Waals surface area contributed by atoms with Gasteiger partial charge in [0.1, 0.15) is 0 Å². The number of ether oxygens (including phenoxy) is 3. The molecule has 0 fully saturated rings. The summed E-state index contributed by atoms with van der Waals surface area (Å²) in [5.74, 6) is 0.0138. The van der Waals surface area contributed by atoms with Crippen LogP contribution in [0.2, 0.25) is 0 Å². The number of rotatable bonds is 8. The van der Waals surface area contributed by atoms with E-state index in [1.807, 2.05) is 6.92 Å². The maximum atomic E-state index is 12.9. The highest BCUT2D eigenvalue weighted by molar-refractivity contribution is 7.96. The summed E-state index contributed by atoms with van der Waals surface area (Å²) in [5, 5.41) is 2.81. The number of nitrogens with one attached hydrogen (secondary N) is 1. The maximum absolute atomic E-state index is 12.9. The molecule has 0 aromatic heterocycles. The van der Waals surface area contributed by atoms with Crippen molar-refractivity contribution in [2.45, 2.75) is 18.2 Å². The summed E-state index contributed by atoms with van der Waals surface area (Å²) < 4.78 is 40.9. The average Bonchev–Trinajstić information content (AvgIpc) is 2.73. The Morgan fingerprint density at radius 3 is 2.18 bits per heavy atom. The third-order valence-electron chi connectivity index (χ3n) is 4.07. The smallest absolute Gasteiger partial charge is 0.351 e. The zero-order valence-electron chi connectivity index (χ0n) is 16.2. The quantitative estimate of drug-likeness (QED) is 0.533. The van der Waals surface area contributed by atoms with E-state index in [9.17, 15) is 13.2 Å². The summed E-state index contributed by atoms with van der Waals surface area (Å²) in [6, 6.07) is 11.3. The molecule has 28 heavy (non-hydrogen) atoms. The molecule has 2 aromatic carbocycles. The molecule has 0 unspecified atom stereocenters. The maximum Gasteiger partial charge on any atom is 0.351 e. The van der Waals surface area contributed by atoms with E-state index in [0.717, 1.165) is 25.3 Å². The van der Waals surface area contributed by atoms with Crippen LogP contribution in [0.5, 0.6) is 11.5 Å². The Kier molecular flexibility index (Phi) is 7.06. The highest BCUT2D eigenvalue weighted by Gasteiger charge is 2.28. The van der Waals surface area contributed by atoms with Gasteiger partial charge in [0.25, 0.3) is 0 Å². The molecular weight excluding hydrogens is 382 g/mol. The summed E-state index contributed by atoms with van der Waals surface area (Å²) in [5.41, 5.74) is 1.50. The Balaban J connectivity index is 2.41. The first-order valence-corrected chi connectivity index (χ1v) is 9.96. The number of methoxy groups -OCH3 is 3. The Morgan fingerprint density at radius 2 is 1.64 bits per heavy atom. The number of sulfone groups is 1. The molecule has 0 aliphatic heterocycles. The van der Waals surface area contributed by atoms with Crippen LogP contribution in [0.15, 0.2) is 58.5 Å². The lowest BCUT2D eigenvalue weighted by Crippen LogP contribution is -2.17. The molecule has 7 nitrogen and oxygen atoms in total. The van der Waals surface area contributed by atoms with Crippen LogP contribution in [0, 0.1) is 0 Å². The van der Waals surface area contributed by atoms with Gasteiger partial charge in [0.05, 0.1) is 26.2 Å². The first-order chi connectivity index (χ1) is 13.4. The van der Waals surface area contributed by atoms with E-state index >= 15 is 0 Å². The van der Waals surface area contributed by atoms with Gasteiger partial charge in [-0.2, -0.15) is 0 Å². The number of hydrogen-bond donors (Lipinski definition) is 1. The number of esters is 1. The number of aryl methyl sites for hydroxylation is 1. The van der Waals surface area contributed by atoms with Gasteiger partial charge in [-0.25, -0.2) is 13.2 Å². The van der Waals surface area contributed by atoms with Gasteiger partial charge in [0, 0.05) is 18.0 Å². The van der Waals surface area contributed by atoms with Crippen LogP contribution < -0.4 is 14.8 Å². The van der Waals surface area contributed by atoms with Gasteiger partial charge < -0.3 is 19.5 Å². The van der Waals surface area contributed by atoms with Crippen molar-refractivity contribution in [1.82, 2.24) is 0 Å². The molecular formula is C20H23NO6S. The summed E-state index contributed by atoms with van der Waals surface area (Å²) in [4.78, 5) is 11.6. The van der Waals surface area contributed by atoms with Gasteiger partial charge >= 0.3 is 5.97 Å². The predicted octanol–water partition coefficient (Wildman–Crippen LogP) is 3.17. The molecule has 0 atom stereocenters. The van der Waals surface area contributed by atoms with Crippen LogP contribution in [-0.4, -0.2) is 35.7 Å². The number of carbonyl (C=O) groups excluding carboxylic acids is 1. The molecule has 0 aliphatic carbocycles. The average molecular weight is 405 g/mol. The number of hydrogen-bond acceptors (Lipinski definition) is 7. The van der Waals surface area contributed by atoms with E-state index in [1.165, 1.54) is 26.4 Å². The van der Waals surface area contributed by atoms with E-state index in [-0.39, 0.29) is 4.90 Å². The van der Waals surface area contributed by atoms with E-state index in [4.69, 9.17) is 9.47 Å². The summed E-state index contributed by atoms with van der Waals surface area (Å²) in [6.07, 6.45) is 1.89.